The van der Waals surface area contributed by atoms with Crippen molar-refractivity contribution in [3.63, 3.8) is 0 Å². The smallest absolute Gasteiger partial charge is 0.305 e. The molecule has 1 saturated heterocycles. The van der Waals surface area contributed by atoms with E-state index in [-0.39, 0.29) is 22.7 Å². The van der Waals surface area contributed by atoms with Crippen LogP contribution in [-0.2, 0) is 6.18 Å². The SMILES string of the molecule is CN1CC2(CC(n3ncc(C(F)(F)F)c3-c3ccccc3F)C2)C1. The van der Waals surface area contributed by atoms with Gasteiger partial charge in [-0.2, -0.15) is 18.3 Å². The fourth-order valence-electron chi connectivity index (χ4n) is 4.24. The summed E-state index contributed by atoms with van der Waals surface area (Å²) < 4.78 is 55.6. The zero-order valence-corrected chi connectivity index (χ0v) is 13.1. The highest BCUT2D eigenvalue weighted by atomic mass is 19.4. The van der Waals surface area contributed by atoms with E-state index in [9.17, 15) is 17.6 Å². The van der Waals surface area contributed by atoms with Crippen LogP contribution < -0.4 is 0 Å². The van der Waals surface area contributed by atoms with Gasteiger partial charge in [0.1, 0.15) is 11.4 Å². The average Bonchev–Trinajstić information content (AvgIpc) is 2.86. The summed E-state index contributed by atoms with van der Waals surface area (Å²) in [6.45, 7) is 1.93. The summed E-state index contributed by atoms with van der Waals surface area (Å²) >= 11 is 0. The zero-order chi connectivity index (χ0) is 17.1. The molecule has 2 aliphatic rings. The maximum Gasteiger partial charge on any atom is 0.420 e. The van der Waals surface area contributed by atoms with E-state index >= 15 is 0 Å². The quantitative estimate of drug-likeness (QED) is 0.772. The van der Waals surface area contributed by atoms with E-state index in [1.807, 2.05) is 7.05 Å². The van der Waals surface area contributed by atoms with E-state index < -0.39 is 17.6 Å². The summed E-state index contributed by atoms with van der Waals surface area (Å²) in [5, 5.41) is 3.98. The number of aromatic nitrogens is 2. The van der Waals surface area contributed by atoms with Gasteiger partial charge < -0.3 is 4.90 Å². The number of halogens is 4. The van der Waals surface area contributed by atoms with Gasteiger partial charge in [-0.05, 0) is 37.4 Å². The number of hydrogen-bond donors (Lipinski definition) is 0. The maximum atomic E-state index is 14.2. The van der Waals surface area contributed by atoms with Crippen LogP contribution in [0, 0.1) is 11.2 Å². The van der Waals surface area contributed by atoms with Crippen molar-refractivity contribution in [3.8, 4) is 11.3 Å². The lowest BCUT2D eigenvalue weighted by atomic mass is 9.61. The van der Waals surface area contributed by atoms with E-state index in [1.54, 1.807) is 6.07 Å². The number of rotatable bonds is 2. The molecular weight excluding hydrogens is 322 g/mol. The first-order valence-corrected chi connectivity index (χ1v) is 7.87. The number of hydrogen-bond acceptors (Lipinski definition) is 2. The van der Waals surface area contributed by atoms with Crippen molar-refractivity contribution in [2.45, 2.75) is 25.1 Å². The van der Waals surface area contributed by atoms with Crippen LogP contribution in [0.4, 0.5) is 17.6 Å². The Balaban J connectivity index is 1.73. The molecule has 128 valence electrons. The van der Waals surface area contributed by atoms with E-state index in [0.717, 1.165) is 32.1 Å². The second-order valence-electron chi connectivity index (χ2n) is 7.06. The van der Waals surface area contributed by atoms with Crippen molar-refractivity contribution in [1.82, 2.24) is 14.7 Å². The lowest BCUT2D eigenvalue weighted by molar-refractivity contribution is -0.137. The van der Waals surface area contributed by atoms with Gasteiger partial charge in [0.05, 0.1) is 17.9 Å². The highest BCUT2D eigenvalue weighted by Crippen LogP contribution is 2.55. The molecule has 2 heterocycles. The third-order valence-corrected chi connectivity index (χ3v) is 5.12. The molecule has 1 aliphatic heterocycles. The molecule has 7 heteroatoms. The van der Waals surface area contributed by atoms with Gasteiger partial charge in [0.25, 0.3) is 0 Å². The molecule has 1 aromatic carbocycles. The minimum Gasteiger partial charge on any atom is -0.305 e. The first-order chi connectivity index (χ1) is 11.3. The first-order valence-electron chi connectivity index (χ1n) is 7.87. The summed E-state index contributed by atoms with van der Waals surface area (Å²) in [4.78, 5) is 2.19. The molecule has 0 N–H and O–H groups in total. The van der Waals surface area contributed by atoms with Gasteiger partial charge in [-0.15, -0.1) is 0 Å². The Morgan fingerprint density at radius 2 is 1.83 bits per heavy atom. The first kappa shape index (κ1) is 15.6. The van der Waals surface area contributed by atoms with E-state index in [4.69, 9.17) is 0 Å². The van der Waals surface area contributed by atoms with Crippen molar-refractivity contribution < 1.29 is 17.6 Å². The molecule has 0 atom stereocenters. The van der Waals surface area contributed by atoms with E-state index in [1.165, 1.54) is 22.9 Å². The number of benzene rings is 1. The second kappa shape index (κ2) is 5.05. The Hall–Kier alpha value is -1.89. The Morgan fingerprint density at radius 1 is 1.17 bits per heavy atom. The Morgan fingerprint density at radius 3 is 2.42 bits per heavy atom. The molecule has 1 aliphatic carbocycles. The normalized spacial score (nSPS) is 20.9. The predicted molar refractivity (Wildman–Crippen MR) is 80.8 cm³/mol. The van der Waals surface area contributed by atoms with Crippen molar-refractivity contribution in [1.29, 1.82) is 0 Å². The van der Waals surface area contributed by atoms with Gasteiger partial charge in [0.2, 0.25) is 0 Å². The molecule has 0 bridgehead atoms. The third-order valence-electron chi connectivity index (χ3n) is 5.12. The van der Waals surface area contributed by atoms with Crippen LogP contribution >= 0.6 is 0 Å². The van der Waals surface area contributed by atoms with Gasteiger partial charge in [-0.3, -0.25) is 4.68 Å². The molecule has 0 radical (unpaired) electrons. The molecule has 2 aromatic rings. The molecule has 1 saturated carbocycles. The maximum absolute atomic E-state index is 14.2. The molecule has 4 rings (SSSR count). The minimum atomic E-state index is -4.56. The lowest BCUT2D eigenvalue weighted by Crippen LogP contribution is -2.60. The van der Waals surface area contributed by atoms with Gasteiger partial charge in [-0.1, -0.05) is 12.1 Å². The Kier molecular flexibility index (Phi) is 3.29. The fourth-order valence-corrected chi connectivity index (χ4v) is 4.24. The zero-order valence-electron chi connectivity index (χ0n) is 13.1. The molecule has 3 nitrogen and oxygen atoms in total. The minimum absolute atomic E-state index is 0.0472. The molecule has 0 unspecified atom stereocenters. The molecule has 1 aromatic heterocycles. The average molecular weight is 339 g/mol. The largest absolute Gasteiger partial charge is 0.420 e. The number of nitrogens with zero attached hydrogens (tertiary/aromatic N) is 3. The summed E-state index contributed by atoms with van der Waals surface area (Å²) in [6, 6.07) is 5.46. The van der Waals surface area contributed by atoms with E-state index in [0.29, 0.717) is 0 Å². The topological polar surface area (TPSA) is 21.1 Å². The van der Waals surface area contributed by atoms with Crippen molar-refractivity contribution in [2.24, 2.45) is 5.41 Å². The van der Waals surface area contributed by atoms with Crippen molar-refractivity contribution in [2.75, 3.05) is 20.1 Å². The van der Waals surface area contributed by atoms with Gasteiger partial charge in [0, 0.05) is 18.7 Å². The van der Waals surface area contributed by atoms with E-state index in [2.05, 4.69) is 10.00 Å². The summed E-state index contributed by atoms with van der Waals surface area (Å²) in [6.07, 6.45) is -2.16. The van der Waals surface area contributed by atoms with Crippen LogP contribution in [0.25, 0.3) is 11.3 Å². The van der Waals surface area contributed by atoms with Crippen molar-refractivity contribution in [3.05, 3.63) is 41.8 Å². The molecule has 2 fully saturated rings. The van der Waals surface area contributed by atoms with Crippen LogP contribution in [0.5, 0.6) is 0 Å². The monoisotopic (exact) mass is 339 g/mol. The van der Waals surface area contributed by atoms with Gasteiger partial charge in [-0.25, -0.2) is 4.39 Å². The third kappa shape index (κ3) is 2.33. The highest BCUT2D eigenvalue weighted by molar-refractivity contribution is 5.65. The number of alkyl halides is 3. The second-order valence-corrected chi connectivity index (χ2v) is 7.06. The van der Waals surface area contributed by atoms with Crippen molar-refractivity contribution >= 4 is 0 Å². The van der Waals surface area contributed by atoms with Gasteiger partial charge in [0.15, 0.2) is 0 Å². The van der Waals surface area contributed by atoms with Crippen LogP contribution in [0.2, 0.25) is 0 Å². The lowest BCUT2D eigenvalue weighted by Gasteiger charge is -2.58. The summed E-state index contributed by atoms with van der Waals surface area (Å²) in [5.41, 5.74) is -0.877. The van der Waals surface area contributed by atoms with Crippen LogP contribution in [-0.4, -0.2) is 34.8 Å². The van der Waals surface area contributed by atoms with Crippen LogP contribution in [0.15, 0.2) is 30.5 Å². The fraction of sp³-hybridized carbons (Fsp3) is 0.471. The predicted octanol–water partition coefficient (Wildman–Crippen LogP) is 3.97. The van der Waals surface area contributed by atoms with Gasteiger partial charge >= 0.3 is 6.18 Å². The van der Waals surface area contributed by atoms with Crippen LogP contribution in [0.1, 0.15) is 24.4 Å². The molecule has 0 amide bonds. The number of likely N-dealkylation sites (tertiary alicyclic amines) is 1. The highest BCUT2D eigenvalue weighted by Gasteiger charge is 2.53. The van der Waals surface area contributed by atoms with Crippen LogP contribution in [0.3, 0.4) is 0 Å². The molecular formula is C17H17F4N3. The molecule has 24 heavy (non-hydrogen) atoms. The molecule has 1 spiro atoms. The summed E-state index contributed by atoms with van der Waals surface area (Å²) in [5.74, 6) is -0.665. The standard InChI is InChI=1S/C17H17F4N3/c1-23-9-16(10-23)6-11(7-16)24-15(12-4-2-3-5-14(12)18)13(8-22-24)17(19,20)21/h2-5,8,11H,6-7,9-10H2,1H3. The summed E-state index contributed by atoms with van der Waals surface area (Å²) in [7, 11) is 2.03. The Bertz CT molecular complexity index is 766. The Labute approximate surface area is 136 Å².